The molecule has 0 radical (unpaired) electrons. The van der Waals surface area contributed by atoms with E-state index in [-0.39, 0.29) is 11.7 Å². The predicted octanol–water partition coefficient (Wildman–Crippen LogP) is 5.00. The van der Waals surface area contributed by atoms with Crippen molar-refractivity contribution in [3.05, 3.63) is 63.9 Å². The molecule has 0 aliphatic heterocycles. The zero-order chi connectivity index (χ0) is 22.4. The van der Waals surface area contributed by atoms with E-state index in [0.717, 1.165) is 52.8 Å². The number of aryl methyl sites for hydroxylation is 3. The maximum absolute atomic E-state index is 12.3. The molecule has 8 heteroatoms. The van der Waals surface area contributed by atoms with Crippen LogP contribution in [-0.4, -0.2) is 33.5 Å². The van der Waals surface area contributed by atoms with Crippen LogP contribution in [0.5, 0.6) is 5.75 Å². The number of hydrogen-bond acceptors (Lipinski definition) is 5. The van der Waals surface area contributed by atoms with Gasteiger partial charge in [0.25, 0.3) is 0 Å². The number of rotatable bonds is 9. The lowest BCUT2D eigenvalue weighted by atomic mass is 10.0. The van der Waals surface area contributed by atoms with Crippen molar-refractivity contribution >= 4 is 35.0 Å². The first-order chi connectivity index (χ1) is 14.9. The van der Waals surface area contributed by atoms with Crippen LogP contribution in [0.4, 0.5) is 5.69 Å². The van der Waals surface area contributed by atoms with Crippen molar-refractivity contribution in [3.63, 3.8) is 0 Å². The first-order valence-electron chi connectivity index (χ1n) is 10.1. The monoisotopic (exact) mass is 458 g/mol. The molecule has 1 heterocycles. The Labute approximate surface area is 192 Å². The normalized spacial score (nSPS) is 10.9. The van der Waals surface area contributed by atoms with Gasteiger partial charge < -0.3 is 14.6 Å². The quantitative estimate of drug-likeness (QED) is 0.457. The molecule has 1 aromatic heterocycles. The lowest BCUT2D eigenvalue weighted by Crippen LogP contribution is -2.15. The van der Waals surface area contributed by atoms with Gasteiger partial charge in [0, 0.05) is 24.2 Å². The molecule has 0 fully saturated rings. The van der Waals surface area contributed by atoms with E-state index in [1.807, 2.05) is 36.7 Å². The van der Waals surface area contributed by atoms with Crippen molar-refractivity contribution < 1.29 is 9.53 Å². The molecular formula is C23H27ClN4O2S. The SMILES string of the molecule is COc1ccc(CCCc2nnc(SCC(=O)Nc3cccc(Cl)c3C)n2C)cc1C. The lowest BCUT2D eigenvalue weighted by Gasteiger charge is -2.09. The van der Waals surface area contributed by atoms with E-state index in [1.165, 1.54) is 17.3 Å². The average molecular weight is 459 g/mol. The molecule has 164 valence electrons. The highest BCUT2D eigenvalue weighted by molar-refractivity contribution is 7.99. The summed E-state index contributed by atoms with van der Waals surface area (Å²) >= 11 is 7.48. The number of ether oxygens (including phenoxy) is 1. The lowest BCUT2D eigenvalue weighted by molar-refractivity contribution is -0.113. The highest BCUT2D eigenvalue weighted by Gasteiger charge is 2.13. The summed E-state index contributed by atoms with van der Waals surface area (Å²) in [6, 6.07) is 11.7. The van der Waals surface area contributed by atoms with Crippen molar-refractivity contribution in [1.29, 1.82) is 0 Å². The molecule has 0 saturated heterocycles. The van der Waals surface area contributed by atoms with Gasteiger partial charge in [0.2, 0.25) is 5.91 Å². The number of nitrogens with zero attached hydrogens (tertiary/aromatic N) is 3. The standard InChI is InChI=1S/C23H27ClN4O2S/c1-15-13-17(11-12-20(15)30-4)7-5-10-21-26-27-23(28(21)3)31-14-22(29)25-19-9-6-8-18(24)16(19)2/h6,8-9,11-13H,5,7,10,14H2,1-4H3,(H,25,29). The second kappa shape index (κ2) is 10.7. The van der Waals surface area contributed by atoms with Gasteiger partial charge in [0.15, 0.2) is 5.16 Å². The van der Waals surface area contributed by atoms with Crippen molar-refractivity contribution in [1.82, 2.24) is 14.8 Å². The molecule has 0 spiro atoms. The van der Waals surface area contributed by atoms with Crippen molar-refractivity contribution in [2.24, 2.45) is 7.05 Å². The molecule has 1 amide bonds. The van der Waals surface area contributed by atoms with Crippen LogP contribution in [0.1, 0.15) is 28.9 Å². The molecule has 1 N–H and O–H groups in total. The fourth-order valence-electron chi connectivity index (χ4n) is 3.29. The Kier molecular flexibility index (Phi) is 7.98. The fraction of sp³-hybridized carbons (Fsp3) is 0.348. The molecule has 2 aromatic carbocycles. The van der Waals surface area contributed by atoms with Gasteiger partial charge in [-0.2, -0.15) is 0 Å². The largest absolute Gasteiger partial charge is 0.496 e. The maximum Gasteiger partial charge on any atom is 0.234 e. The summed E-state index contributed by atoms with van der Waals surface area (Å²) in [6.07, 6.45) is 2.75. The molecule has 0 atom stereocenters. The number of anilines is 1. The summed E-state index contributed by atoms with van der Waals surface area (Å²) in [5.41, 5.74) is 4.01. The van der Waals surface area contributed by atoms with Crippen molar-refractivity contribution in [2.75, 3.05) is 18.2 Å². The summed E-state index contributed by atoms with van der Waals surface area (Å²) in [7, 11) is 3.63. The molecule has 0 saturated carbocycles. The van der Waals surface area contributed by atoms with Crippen LogP contribution in [0.25, 0.3) is 0 Å². The Morgan fingerprint density at radius 2 is 2.00 bits per heavy atom. The van der Waals surface area contributed by atoms with Crippen molar-refractivity contribution in [3.8, 4) is 5.75 Å². The number of carbonyl (C=O) groups excluding carboxylic acids is 1. The highest BCUT2D eigenvalue weighted by atomic mass is 35.5. The van der Waals surface area contributed by atoms with Gasteiger partial charge in [-0.15, -0.1) is 10.2 Å². The Morgan fingerprint density at radius 3 is 2.74 bits per heavy atom. The van der Waals surface area contributed by atoms with E-state index >= 15 is 0 Å². The van der Waals surface area contributed by atoms with Crippen LogP contribution in [0.15, 0.2) is 41.6 Å². The van der Waals surface area contributed by atoms with Crippen LogP contribution >= 0.6 is 23.4 Å². The first-order valence-corrected chi connectivity index (χ1v) is 11.4. The van der Waals surface area contributed by atoms with Gasteiger partial charge in [0.05, 0.1) is 12.9 Å². The highest BCUT2D eigenvalue weighted by Crippen LogP contribution is 2.24. The van der Waals surface area contributed by atoms with E-state index in [0.29, 0.717) is 5.02 Å². The number of carbonyl (C=O) groups is 1. The first kappa shape index (κ1) is 23.2. The third-order valence-electron chi connectivity index (χ3n) is 5.12. The van der Waals surface area contributed by atoms with E-state index < -0.39 is 0 Å². The third kappa shape index (κ3) is 6.02. The zero-order valence-corrected chi connectivity index (χ0v) is 19.8. The Balaban J connectivity index is 1.50. The van der Waals surface area contributed by atoms with Crippen LogP contribution in [-0.2, 0) is 24.7 Å². The third-order valence-corrected chi connectivity index (χ3v) is 6.55. The Morgan fingerprint density at radius 1 is 1.19 bits per heavy atom. The van der Waals surface area contributed by atoms with E-state index in [1.54, 1.807) is 13.2 Å². The zero-order valence-electron chi connectivity index (χ0n) is 18.2. The molecule has 0 aliphatic rings. The number of halogens is 1. The summed E-state index contributed by atoms with van der Waals surface area (Å²) in [5.74, 6) is 1.98. The molecular weight excluding hydrogens is 432 g/mol. The molecule has 0 aliphatic carbocycles. The number of amides is 1. The smallest absolute Gasteiger partial charge is 0.234 e. The number of benzene rings is 2. The molecule has 6 nitrogen and oxygen atoms in total. The maximum atomic E-state index is 12.3. The minimum atomic E-state index is -0.102. The van der Waals surface area contributed by atoms with E-state index in [4.69, 9.17) is 16.3 Å². The average Bonchev–Trinajstić information content (AvgIpc) is 3.09. The van der Waals surface area contributed by atoms with Crippen LogP contribution in [0.3, 0.4) is 0 Å². The number of thioether (sulfide) groups is 1. The van der Waals surface area contributed by atoms with E-state index in [2.05, 4.69) is 34.6 Å². The van der Waals surface area contributed by atoms with Gasteiger partial charge in [-0.25, -0.2) is 0 Å². The minimum Gasteiger partial charge on any atom is -0.496 e. The van der Waals surface area contributed by atoms with Crippen LogP contribution in [0.2, 0.25) is 5.02 Å². The number of hydrogen-bond donors (Lipinski definition) is 1. The van der Waals surface area contributed by atoms with E-state index in [9.17, 15) is 4.79 Å². The minimum absolute atomic E-state index is 0.102. The van der Waals surface area contributed by atoms with Gasteiger partial charge in [-0.3, -0.25) is 4.79 Å². The van der Waals surface area contributed by atoms with Crippen LogP contribution < -0.4 is 10.1 Å². The molecule has 3 rings (SSSR count). The predicted molar refractivity (Wildman–Crippen MR) is 126 cm³/mol. The number of aromatic nitrogens is 3. The fourth-order valence-corrected chi connectivity index (χ4v) is 4.20. The number of methoxy groups -OCH3 is 1. The molecule has 31 heavy (non-hydrogen) atoms. The summed E-state index contributed by atoms with van der Waals surface area (Å²) in [5, 5.41) is 12.8. The Bertz CT molecular complexity index is 1070. The van der Waals surface area contributed by atoms with Gasteiger partial charge in [-0.1, -0.05) is 41.6 Å². The molecule has 3 aromatic rings. The topological polar surface area (TPSA) is 69.0 Å². The molecule has 0 unspecified atom stereocenters. The Hall–Kier alpha value is -2.51. The van der Waals surface area contributed by atoms with Gasteiger partial charge in [-0.05, 0) is 61.6 Å². The van der Waals surface area contributed by atoms with Gasteiger partial charge in [0.1, 0.15) is 11.6 Å². The summed E-state index contributed by atoms with van der Waals surface area (Å²) in [6.45, 7) is 3.94. The summed E-state index contributed by atoms with van der Waals surface area (Å²) < 4.78 is 7.28. The summed E-state index contributed by atoms with van der Waals surface area (Å²) in [4.78, 5) is 12.3. The van der Waals surface area contributed by atoms with Crippen molar-refractivity contribution in [2.45, 2.75) is 38.3 Å². The second-order valence-corrected chi connectivity index (χ2v) is 8.71. The second-order valence-electron chi connectivity index (χ2n) is 7.36. The van der Waals surface area contributed by atoms with Gasteiger partial charge >= 0.3 is 0 Å². The van der Waals surface area contributed by atoms with Crippen LogP contribution in [0, 0.1) is 13.8 Å². The molecule has 0 bridgehead atoms. The number of nitrogens with one attached hydrogen (secondary N) is 1.